The number of hydrogen-bond acceptors (Lipinski definition) is 4. The van der Waals surface area contributed by atoms with Crippen LogP contribution in [0.25, 0.3) is 0 Å². The average Bonchev–Trinajstić information content (AvgIpc) is 2.40. The predicted molar refractivity (Wildman–Crippen MR) is 65.8 cm³/mol. The second kappa shape index (κ2) is 5.16. The van der Waals surface area contributed by atoms with E-state index in [4.69, 9.17) is 5.73 Å². The molecule has 5 nitrogen and oxygen atoms in total. The molecule has 0 unspecified atom stereocenters. The van der Waals surface area contributed by atoms with Crippen molar-refractivity contribution in [2.24, 2.45) is 0 Å². The first kappa shape index (κ1) is 13.8. The molecule has 104 valence electrons. The van der Waals surface area contributed by atoms with Gasteiger partial charge in [0.05, 0.1) is 16.8 Å². The molecule has 1 amide bonds. The Bertz CT molecular complexity index is 628. The van der Waals surface area contributed by atoms with Crippen molar-refractivity contribution in [2.75, 3.05) is 11.1 Å². The summed E-state index contributed by atoms with van der Waals surface area (Å²) in [6, 6.07) is 3.13. The van der Waals surface area contributed by atoms with E-state index in [1.54, 1.807) is 0 Å². The summed E-state index contributed by atoms with van der Waals surface area (Å²) in [7, 11) is 0. The number of amides is 1. The lowest BCUT2D eigenvalue weighted by Gasteiger charge is -2.14. The number of benzene rings is 1. The molecule has 0 radical (unpaired) electrons. The van der Waals surface area contributed by atoms with Gasteiger partial charge in [0.15, 0.2) is 0 Å². The predicted octanol–water partition coefficient (Wildman–Crippen LogP) is 2.33. The number of nitrogen functional groups attached to an aromatic ring is 1. The van der Waals surface area contributed by atoms with Crippen LogP contribution in [0.1, 0.15) is 15.9 Å². The second-order valence-corrected chi connectivity index (χ2v) is 3.88. The van der Waals surface area contributed by atoms with E-state index in [-0.39, 0.29) is 16.9 Å². The summed E-state index contributed by atoms with van der Waals surface area (Å²) in [4.78, 5) is 19.0. The Labute approximate surface area is 111 Å². The standard InChI is InChI=1S/C12H9F3N4O/c13-12(14,15)9-3-8(16)1-2-10(9)19-11(20)7-4-17-6-18-5-7/h1-6H,16H2,(H,19,20). The molecule has 2 rings (SSSR count). The molecule has 0 bridgehead atoms. The molecule has 1 aromatic heterocycles. The smallest absolute Gasteiger partial charge is 0.399 e. The van der Waals surface area contributed by atoms with Gasteiger partial charge in [0.25, 0.3) is 5.91 Å². The van der Waals surface area contributed by atoms with E-state index in [0.717, 1.165) is 12.1 Å². The van der Waals surface area contributed by atoms with Gasteiger partial charge in [-0.3, -0.25) is 4.79 Å². The zero-order valence-electron chi connectivity index (χ0n) is 9.98. The molecule has 0 aliphatic heterocycles. The van der Waals surface area contributed by atoms with Gasteiger partial charge in [-0.25, -0.2) is 9.97 Å². The van der Waals surface area contributed by atoms with Crippen LogP contribution in [0.2, 0.25) is 0 Å². The number of halogens is 3. The van der Waals surface area contributed by atoms with E-state index in [1.165, 1.54) is 24.8 Å². The lowest BCUT2D eigenvalue weighted by molar-refractivity contribution is -0.136. The van der Waals surface area contributed by atoms with E-state index in [9.17, 15) is 18.0 Å². The Balaban J connectivity index is 2.33. The van der Waals surface area contributed by atoms with Crippen LogP contribution < -0.4 is 11.1 Å². The Morgan fingerprint density at radius 3 is 2.45 bits per heavy atom. The van der Waals surface area contributed by atoms with Crippen LogP contribution in [-0.2, 0) is 6.18 Å². The minimum Gasteiger partial charge on any atom is -0.399 e. The van der Waals surface area contributed by atoms with Crippen molar-refractivity contribution >= 4 is 17.3 Å². The highest BCUT2D eigenvalue weighted by molar-refractivity contribution is 6.04. The van der Waals surface area contributed by atoms with Crippen molar-refractivity contribution in [3.05, 3.63) is 48.0 Å². The molecule has 1 aromatic carbocycles. The molecule has 3 N–H and O–H groups in total. The van der Waals surface area contributed by atoms with Crippen molar-refractivity contribution < 1.29 is 18.0 Å². The first-order valence-electron chi connectivity index (χ1n) is 5.41. The molecule has 0 saturated heterocycles. The molecule has 0 fully saturated rings. The van der Waals surface area contributed by atoms with E-state index < -0.39 is 17.6 Å². The molecule has 0 spiro atoms. The molecule has 8 heteroatoms. The third-order valence-corrected chi connectivity index (χ3v) is 2.42. The molecule has 0 aliphatic rings. The largest absolute Gasteiger partial charge is 0.418 e. The maximum Gasteiger partial charge on any atom is 0.418 e. The number of nitrogens with zero attached hydrogens (tertiary/aromatic N) is 2. The van der Waals surface area contributed by atoms with Crippen LogP contribution in [0.4, 0.5) is 24.5 Å². The summed E-state index contributed by atoms with van der Waals surface area (Å²) in [6.07, 6.45) is -1.01. The lowest BCUT2D eigenvalue weighted by Crippen LogP contribution is -2.17. The lowest BCUT2D eigenvalue weighted by atomic mass is 10.1. The van der Waals surface area contributed by atoms with Gasteiger partial charge < -0.3 is 11.1 Å². The monoisotopic (exact) mass is 282 g/mol. The Kier molecular flexibility index (Phi) is 3.55. The van der Waals surface area contributed by atoms with Gasteiger partial charge in [-0.1, -0.05) is 0 Å². The zero-order chi connectivity index (χ0) is 14.8. The van der Waals surface area contributed by atoms with Gasteiger partial charge >= 0.3 is 6.18 Å². The Morgan fingerprint density at radius 2 is 1.85 bits per heavy atom. The van der Waals surface area contributed by atoms with Crippen molar-refractivity contribution in [3.63, 3.8) is 0 Å². The molecular formula is C12H9F3N4O. The van der Waals surface area contributed by atoms with Crippen molar-refractivity contribution in [1.82, 2.24) is 9.97 Å². The topological polar surface area (TPSA) is 80.9 Å². The first-order valence-corrected chi connectivity index (χ1v) is 5.41. The summed E-state index contributed by atoms with van der Waals surface area (Å²) >= 11 is 0. The summed E-state index contributed by atoms with van der Waals surface area (Å²) in [5, 5.41) is 2.17. The normalized spacial score (nSPS) is 11.2. The van der Waals surface area contributed by atoms with Gasteiger partial charge in [0.2, 0.25) is 0 Å². The van der Waals surface area contributed by atoms with Crippen LogP contribution in [0.5, 0.6) is 0 Å². The number of nitrogens with two attached hydrogens (primary N) is 1. The zero-order valence-corrected chi connectivity index (χ0v) is 9.98. The number of carbonyl (C=O) groups is 1. The summed E-state index contributed by atoms with van der Waals surface area (Å²) < 4.78 is 38.5. The quantitative estimate of drug-likeness (QED) is 0.828. The fourth-order valence-corrected chi connectivity index (χ4v) is 1.52. The van der Waals surface area contributed by atoms with E-state index in [0.29, 0.717) is 0 Å². The van der Waals surface area contributed by atoms with Crippen molar-refractivity contribution in [3.8, 4) is 0 Å². The maximum atomic E-state index is 12.8. The van der Waals surface area contributed by atoms with Crippen molar-refractivity contribution in [1.29, 1.82) is 0 Å². The molecule has 20 heavy (non-hydrogen) atoms. The summed E-state index contributed by atoms with van der Waals surface area (Å²) in [5.74, 6) is -0.735. The molecule has 1 heterocycles. The number of carbonyl (C=O) groups excluding carboxylic acids is 1. The van der Waals surface area contributed by atoms with Crippen LogP contribution in [0.15, 0.2) is 36.9 Å². The van der Waals surface area contributed by atoms with E-state index >= 15 is 0 Å². The highest BCUT2D eigenvalue weighted by atomic mass is 19.4. The Morgan fingerprint density at radius 1 is 1.20 bits per heavy atom. The Hall–Kier alpha value is -2.64. The first-order chi connectivity index (χ1) is 9.38. The minimum absolute atomic E-state index is 0.0432. The van der Waals surface area contributed by atoms with Crippen LogP contribution in [-0.4, -0.2) is 15.9 Å². The highest BCUT2D eigenvalue weighted by Gasteiger charge is 2.34. The van der Waals surface area contributed by atoms with E-state index in [1.807, 2.05) is 0 Å². The van der Waals surface area contributed by atoms with Gasteiger partial charge in [-0.2, -0.15) is 13.2 Å². The van der Waals surface area contributed by atoms with Crippen LogP contribution in [0.3, 0.4) is 0 Å². The number of aromatic nitrogens is 2. The summed E-state index contributed by atoms with van der Waals surface area (Å²) in [5.41, 5.74) is 3.96. The van der Waals surface area contributed by atoms with Gasteiger partial charge in [0, 0.05) is 18.1 Å². The number of nitrogens with one attached hydrogen (secondary N) is 1. The molecule has 2 aromatic rings. The number of anilines is 2. The number of rotatable bonds is 2. The van der Waals surface area contributed by atoms with E-state index in [2.05, 4.69) is 15.3 Å². The fraction of sp³-hybridized carbons (Fsp3) is 0.0833. The molecule has 0 aliphatic carbocycles. The number of alkyl halides is 3. The second-order valence-electron chi connectivity index (χ2n) is 3.88. The summed E-state index contributed by atoms with van der Waals surface area (Å²) in [6.45, 7) is 0. The van der Waals surface area contributed by atoms with Crippen molar-refractivity contribution in [2.45, 2.75) is 6.18 Å². The molecule has 0 saturated carbocycles. The fourth-order valence-electron chi connectivity index (χ4n) is 1.52. The maximum absolute atomic E-state index is 12.8. The van der Waals surface area contributed by atoms with Gasteiger partial charge in [0.1, 0.15) is 6.33 Å². The SMILES string of the molecule is Nc1ccc(NC(=O)c2cncnc2)c(C(F)(F)F)c1. The molecule has 0 atom stereocenters. The van der Waals surface area contributed by atoms with Gasteiger partial charge in [-0.05, 0) is 18.2 Å². The third kappa shape index (κ3) is 3.02. The highest BCUT2D eigenvalue weighted by Crippen LogP contribution is 2.36. The average molecular weight is 282 g/mol. The van der Waals surface area contributed by atoms with Crippen LogP contribution >= 0.6 is 0 Å². The molecular weight excluding hydrogens is 273 g/mol. The minimum atomic E-state index is -4.62. The van der Waals surface area contributed by atoms with Gasteiger partial charge in [-0.15, -0.1) is 0 Å². The number of hydrogen-bond donors (Lipinski definition) is 2. The third-order valence-electron chi connectivity index (χ3n) is 2.42. The van der Waals surface area contributed by atoms with Crippen LogP contribution in [0, 0.1) is 0 Å².